The fraction of sp³-hybridized carbons (Fsp3) is 0.320. The summed E-state index contributed by atoms with van der Waals surface area (Å²) in [6.45, 7) is 7.24. The molecular weight excluding hydrogens is 446 g/mol. The van der Waals surface area contributed by atoms with Gasteiger partial charge in [-0.1, -0.05) is 62.2 Å². The van der Waals surface area contributed by atoms with Crippen molar-refractivity contribution < 1.29 is 23.5 Å². The summed E-state index contributed by atoms with van der Waals surface area (Å²) in [6, 6.07) is 11.2. The van der Waals surface area contributed by atoms with Crippen molar-refractivity contribution in [3.8, 4) is 5.75 Å². The number of aryl methyl sites for hydroxylation is 1. The lowest BCUT2D eigenvalue weighted by atomic mass is 9.99. The molecule has 0 bridgehead atoms. The van der Waals surface area contributed by atoms with Crippen molar-refractivity contribution in [1.82, 2.24) is 5.32 Å². The number of carbonyl (C=O) groups excluding carboxylic acids is 2. The van der Waals surface area contributed by atoms with Crippen LogP contribution < -0.4 is 15.7 Å². The largest absolute Gasteiger partial charge is 0.445 e. The maximum absolute atomic E-state index is 13.0. The number of esters is 1. The van der Waals surface area contributed by atoms with Crippen molar-refractivity contribution in [2.75, 3.05) is 0 Å². The molecule has 0 saturated heterocycles. The zero-order valence-corrected chi connectivity index (χ0v) is 19.7. The number of halogens is 1. The molecule has 0 radical (unpaired) electrons. The number of rotatable bonds is 7. The highest BCUT2D eigenvalue weighted by Crippen LogP contribution is 2.32. The molecule has 0 aliphatic rings. The first-order chi connectivity index (χ1) is 15.7. The number of hydrogen-bond donors (Lipinski definition) is 1. The monoisotopic (exact) mass is 471 g/mol. The Morgan fingerprint density at radius 3 is 2.48 bits per heavy atom. The van der Waals surface area contributed by atoms with E-state index < -0.39 is 23.7 Å². The molecule has 174 valence electrons. The Bertz CT molecular complexity index is 1220. The molecule has 0 unspecified atom stereocenters. The molecular formula is C25H26ClNO6. The van der Waals surface area contributed by atoms with Crippen LogP contribution >= 0.6 is 11.6 Å². The predicted molar refractivity (Wildman–Crippen MR) is 126 cm³/mol. The molecule has 1 aromatic heterocycles. The summed E-state index contributed by atoms with van der Waals surface area (Å²) in [4.78, 5) is 37.3. The third-order valence-corrected chi connectivity index (χ3v) is 5.97. The summed E-state index contributed by atoms with van der Waals surface area (Å²) in [6.07, 6.45) is -0.125. The summed E-state index contributed by atoms with van der Waals surface area (Å²) >= 11 is 6.34. The molecule has 0 fully saturated rings. The van der Waals surface area contributed by atoms with Gasteiger partial charge < -0.3 is 19.2 Å². The third kappa shape index (κ3) is 5.73. The van der Waals surface area contributed by atoms with Crippen LogP contribution in [0.4, 0.5) is 4.79 Å². The Hall–Kier alpha value is -3.32. The lowest BCUT2D eigenvalue weighted by molar-refractivity contribution is -0.138. The normalized spacial score (nSPS) is 12.8. The molecule has 2 aromatic carbocycles. The minimum Gasteiger partial charge on any atom is -0.445 e. The molecule has 1 amide bonds. The Morgan fingerprint density at radius 1 is 1.12 bits per heavy atom. The zero-order valence-electron chi connectivity index (χ0n) is 18.9. The van der Waals surface area contributed by atoms with Gasteiger partial charge >= 0.3 is 17.7 Å². The highest BCUT2D eigenvalue weighted by atomic mass is 35.5. The molecule has 0 aliphatic heterocycles. The Morgan fingerprint density at radius 2 is 1.82 bits per heavy atom. The van der Waals surface area contributed by atoms with Crippen molar-refractivity contribution in [2.45, 2.75) is 46.8 Å². The molecule has 33 heavy (non-hydrogen) atoms. The summed E-state index contributed by atoms with van der Waals surface area (Å²) in [7, 11) is 0. The first-order valence-corrected chi connectivity index (χ1v) is 11.0. The van der Waals surface area contributed by atoms with Gasteiger partial charge in [-0.3, -0.25) is 0 Å². The minimum atomic E-state index is -0.961. The van der Waals surface area contributed by atoms with Crippen molar-refractivity contribution in [1.29, 1.82) is 0 Å². The van der Waals surface area contributed by atoms with E-state index in [0.29, 0.717) is 17.4 Å². The quantitative estimate of drug-likeness (QED) is 0.285. The second-order valence-corrected chi connectivity index (χ2v) is 8.32. The van der Waals surface area contributed by atoms with E-state index in [2.05, 4.69) is 5.32 Å². The maximum atomic E-state index is 13.0. The van der Waals surface area contributed by atoms with Crippen molar-refractivity contribution in [3.05, 3.63) is 74.6 Å². The highest BCUT2D eigenvalue weighted by molar-refractivity contribution is 6.33. The van der Waals surface area contributed by atoms with Gasteiger partial charge in [0.15, 0.2) is 5.75 Å². The van der Waals surface area contributed by atoms with Crippen LogP contribution in [0.15, 0.2) is 51.7 Å². The van der Waals surface area contributed by atoms with Crippen LogP contribution in [-0.4, -0.2) is 18.1 Å². The fourth-order valence-electron chi connectivity index (χ4n) is 3.25. The first-order valence-electron chi connectivity index (χ1n) is 10.6. The van der Waals surface area contributed by atoms with Gasteiger partial charge in [0.05, 0.1) is 5.02 Å². The third-order valence-electron chi connectivity index (χ3n) is 5.67. The topological polar surface area (TPSA) is 94.8 Å². The molecule has 0 aliphatic carbocycles. The van der Waals surface area contributed by atoms with Crippen LogP contribution in [0.5, 0.6) is 5.75 Å². The molecule has 8 heteroatoms. The lowest BCUT2D eigenvalue weighted by Crippen LogP contribution is -2.47. The van der Waals surface area contributed by atoms with Crippen LogP contribution in [0, 0.1) is 19.8 Å². The minimum absolute atomic E-state index is 0.0355. The van der Waals surface area contributed by atoms with Gasteiger partial charge in [-0.2, -0.15) is 0 Å². The van der Waals surface area contributed by atoms with E-state index >= 15 is 0 Å². The van der Waals surface area contributed by atoms with E-state index in [4.69, 9.17) is 25.5 Å². The van der Waals surface area contributed by atoms with Crippen LogP contribution in [0.25, 0.3) is 11.0 Å². The predicted octanol–water partition coefficient (Wildman–Crippen LogP) is 5.31. The average molecular weight is 472 g/mol. The fourth-order valence-corrected chi connectivity index (χ4v) is 3.46. The standard InChI is InChI=1S/C25H26ClNO6/c1-5-14(2)22(27-25(30)31-13-17-9-7-6-8-10-17)24(29)33-21-12-20-18(11-19(21)26)15(3)16(4)23(28)32-20/h6-12,14,22H,5,13H2,1-4H3,(H,27,30)/t14-,22-/m0/s1. The molecule has 0 spiro atoms. The average Bonchev–Trinajstić information content (AvgIpc) is 2.81. The van der Waals surface area contributed by atoms with Crippen LogP contribution in [-0.2, 0) is 16.1 Å². The van der Waals surface area contributed by atoms with E-state index in [1.54, 1.807) is 19.9 Å². The number of amides is 1. The van der Waals surface area contributed by atoms with Crippen LogP contribution in [0.2, 0.25) is 5.02 Å². The van der Waals surface area contributed by atoms with Gasteiger partial charge in [0, 0.05) is 17.0 Å². The van der Waals surface area contributed by atoms with E-state index in [9.17, 15) is 14.4 Å². The van der Waals surface area contributed by atoms with Crippen molar-refractivity contribution >= 4 is 34.6 Å². The molecule has 1 N–H and O–H groups in total. The second-order valence-electron chi connectivity index (χ2n) is 7.91. The van der Waals surface area contributed by atoms with Gasteiger partial charge in [-0.25, -0.2) is 14.4 Å². The number of carbonyl (C=O) groups is 2. The molecule has 3 rings (SSSR count). The smallest absolute Gasteiger partial charge is 0.408 e. The highest BCUT2D eigenvalue weighted by Gasteiger charge is 2.29. The number of fused-ring (bicyclic) bond motifs is 1. The lowest BCUT2D eigenvalue weighted by Gasteiger charge is -2.22. The van der Waals surface area contributed by atoms with E-state index in [1.165, 1.54) is 6.07 Å². The van der Waals surface area contributed by atoms with Crippen LogP contribution in [0.3, 0.4) is 0 Å². The molecule has 1 heterocycles. The zero-order chi connectivity index (χ0) is 24.1. The SMILES string of the molecule is CC[C@H](C)[C@H](NC(=O)OCc1ccccc1)C(=O)Oc1cc2oc(=O)c(C)c(C)c2cc1Cl. The van der Waals surface area contributed by atoms with Gasteiger partial charge in [0.25, 0.3) is 0 Å². The number of alkyl carbamates (subject to hydrolysis) is 1. The summed E-state index contributed by atoms with van der Waals surface area (Å²) in [5.74, 6) is -0.898. The molecule has 0 saturated carbocycles. The first kappa shape index (κ1) is 24.3. The van der Waals surface area contributed by atoms with E-state index in [0.717, 1.165) is 11.1 Å². The van der Waals surface area contributed by atoms with Crippen molar-refractivity contribution in [3.63, 3.8) is 0 Å². The second kappa shape index (κ2) is 10.5. The number of hydrogen-bond acceptors (Lipinski definition) is 6. The van der Waals surface area contributed by atoms with Crippen molar-refractivity contribution in [2.24, 2.45) is 5.92 Å². The molecule has 7 nitrogen and oxygen atoms in total. The number of benzene rings is 2. The Balaban J connectivity index is 1.77. The molecule has 2 atom stereocenters. The number of ether oxygens (including phenoxy) is 2. The molecule has 3 aromatic rings. The Kier molecular flexibility index (Phi) is 7.76. The maximum Gasteiger partial charge on any atom is 0.408 e. The van der Waals surface area contributed by atoms with Gasteiger partial charge in [-0.15, -0.1) is 0 Å². The van der Waals surface area contributed by atoms with E-state index in [-0.39, 0.29) is 28.9 Å². The Labute approximate surface area is 196 Å². The van der Waals surface area contributed by atoms with Gasteiger partial charge in [-0.05, 0) is 37.0 Å². The van der Waals surface area contributed by atoms with E-state index in [1.807, 2.05) is 44.2 Å². The summed E-state index contributed by atoms with van der Waals surface area (Å²) in [5.41, 5.74) is 1.83. The summed E-state index contributed by atoms with van der Waals surface area (Å²) < 4.78 is 16.1. The van der Waals surface area contributed by atoms with Gasteiger partial charge in [0.2, 0.25) is 0 Å². The van der Waals surface area contributed by atoms with Gasteiger partial charge in [0.1, 0.15) is 18.2 Å². The summed E-state index contributed by atoms with van der Waals surface area (Å²) in [5, 5.41) is 3.42. The van der Waals surface area contributed by atoms with Crippen LogP contribution in [0.1, 0.15) is 37.0 Å². The number of nitrogens with one attached hydrogen (secondary N) is 1.